The van der Waals surface area contributed by atoms with E-state index in [1.807, 2.05) is 0 Å². The molecule has 0 aliphatic heterocycles. The summed E-state index contributed by atoms with van der Waals surface area (Å²) in [5.41, 5.74) is 6.36. The van der Waals surface area contributed by atoms with Crippen molar-refractivity contribution >= 4 is 30.5 Å². The summed E-state index contributed by atoms with van der Waals surface area (Å²) in [6.07, 6.45) is 2.86. The molecule has 3 rings (SSSR count). The average Bonchev–Trinajstić information content (AvgIpc) is 2.85. The van der Waals surface area contributed by atoms with Gasteiger partial charge in [0.2, 0.25) is 6.41 Å². The van der Waals surface area contributed by atoms with Crippen LogP contribution in [0.2, 0.25) is 5.02 Å². The Morgan fingerprint density at radius 1 is 1.14 bits per heavy atom. The van der Waals surface area contributed by atoms with Gasteiger partial charge < -0.3 is 0 Å². The van der Waals surface area contributed by atoms with Gasteiger partial charge in [0, 0.05) is 24.5 Å². The van der Waals surface area contributed by atoms with Gasteiger partial charge in [-0.3, -0.25) is 35.4 Å². The van der Waals surface area contributed by atoms with Crippen molar-refractivity contribution in [2.75, 3.05) is 5.43 Å². The number of carbonyl (C=O) groups is 1. The number of aromatic nitrogens is 4. The highest BCUT2D eigenvalue weighted by Gasteiger charge is 2.32. The minimum absolute atomic E-state index is 0.264. The Kier molecular flexibility index (Phi) is 10.3. The number of rotatable bonds is 7. The van der Waals surface area contributed by atoms with Crippen molar-refractivity contribution in [3.63, 3.8) is 0 Å². The third kappa shape index (κ3) is 8.10. The van der Waals surface area contributed by atoms with Crippen LogP contribution in [0.4, 0.5) is 19.0 Å². The van der Waals surface area contributed by atoms with Crippen LogP contribution in [0.1, 0.15) is 13.8 Å². The smallest absolute Gasteiger partial charge is 0.280 e. The zero-order valence-electron chi connectivity index (χ0n) is 20.0. The van der Waals surface area contributed by atoms with E-state index in [0.717, 1.165) is 11.6 Å². The van der Waals surface area contributed by atoms with E-state index in [9.17, 15) is 22.8 Å². The number of alkyl halides is 3. The summed E-state index contributed by atoms with van der Waals surface area (Å²) in [5, 5.41) is 4.72. The van der Waals surface area contributed by atoms with E-state index in [2.05, 4.69) is 37.6 Å². The lowest BCUT2D eigenvalue weighted by atomic mass is 10.00. The fraction of sp³-hybridized carbons (Fsp3) is 0.167. The van der Waals surface area contributed by atoms with E-state index in [0.29, 0.717) is 33.8 Å². The molecule has 194 valence electrons. The molecule has 0 unspecified atom stereocenters. The first kappa shape index (κ1) is 28.9. The van der Waals surface area contributed by atoms with Crippen LogP contribution in [0, 0.1) is 0 Å². The van der Waals surface area contributed by atoms with Gasteiger partial charge >= 0.3 is 6.18 Å². The molecule has 0 fully saturated rings. The zero-order chi connectivity index (χ0) is 27.6. The number of aliphatic imine (C=N–C) groups is 1. The van der Waals surface area contributed by atoms with Gasteiger partial charge in [-0.15, -0.1) is 5.10 Å². The maximum atomic E-state index is 12.8. The van der Waals surface area contributed by atoms with Crippen molar-refractivity contribution in [3.05, 3.63) is 81.7 Å². The summed E-state index contributed by atoms with van der Waals surface area (Å²) >= 11 is 5.95. The minimum atomic E-state index is -4.41. The number of hydrogen-bond acceptors (Lipinski definition) is 7. The molecule has 0 aliphatic carbocycles. The van der Waals surface area contributed by atoms with Crippen LogP contribution in [-0.2, 0) is 11.8 Å². The highest BCUT2D eigenvalue weighted by Crippen LogP contribution is 2.33. The largest absolute Gasteiger partial charge is 0.433 e. The number of hydrazine groups is 1. The molecule has 0 radical (unpaired) electrons. The lowest BCUT2D eigenvalue weighted by Crippen LogP contribution is -2.28. The maximum absolute atomic E-state index is 12.8. The summed E-state index contributed by atoms with van der Waals surface area (Å²) in [6, 6.07) is 6.84. The van der Waals surface area contributed by atoms with Crippen molar-refractivity contribution in [3.8, 4) is 22.4 Å². The number of carbonyl (C=O) groups excluding carboxylic acids is 1. The number of hydrogen-bond donors (Lipinski definition) is 2. The van der Waals surface area contributed by atoms with E-state index in [1.54, 1.807) is 38.1 Å². The molecule has 1 amide bonds. The fourth-order valence-corrected chi connectivity index (χ4v) is 2.99. The van der Waals surface area contributed by atoms with Crippen molar-refractivity contribution in [1.29, 1.82) is 0 Å². The number of aryl methyl sites for hydroxylation is 1. The molecule has 2 aromatic heterocycles. The molecular formula is C24H23ClF3N7O2. The Labute approximate surface area is 215 Å². The number of allylic oxidation sites excluding steroid dienone is 4. The lowest BCUT2D eigenvalue weighted by Gasteiger charge is -2.15. The number of benzene rings is 1. The second-order valence-corrected chi connectivity index (χ2v) is 7.90. The van der Waals surface area contributed by atoms with Crippen LogP contribution in [-0.4, -0.2) is 39.1 Å². The Morgan fingerprint density at radius 3 is 2.32 bits per heavy atom. The monoisotopic (exact) mass is 533 g/mol. The van der Waals surface area contributed by atoms with Crippen molar-refractivity contribution in [2.45, 2.75) is 20.0 Å². The Morgan fingerprint density at radius 2 is 1.81 bits per heavy atom. The summed E-state index contributed by atoms with van der Waals surface area (Å²) in [7, 11) is 1.52. The highest BCUT2D eigenvalue weighted by molar-refractivity contribution is 6.30. The van der Waals surface area contributed by atoms with Crippen molar-refractivity contribution < 1.29 is 18.0 Å². The van der Waals surface area contributed by atoms with E-state index in [-0.39, 0.29) is 11.4 Å². The molecule has 13 heteroatoms. The quantitative estimate of drug-likeness (QED) is 0.196. The summed E-state index contributed by atoms with van der Waals surface area (Å²) in [4.78, 5) is 34.6. The molecule has 37 heavy (non-hydrogen) atoms. The Hall–Kier alpha value is -4.32. The predicted molar refractivity (Wildman–Crippen MR) is 137 cm³/mol. The first-order valence-corrected chi connectivity index (χ1v) is 10.8. The van der Waals surface area contributed by atoms with Gasteiger partial charge in [-0.2, -0.15) is 13.2 Å². The molecular weight excluding hydrogens is 511 g/mol. The lowest BCUT2D eigenvalue weighted by molar-refractivity contribution is -0.109. The molecule has 0 spiro atoms. The molecule has 2 heterocycles. The van der Waals surface area contributed by atoms with Crippen LogP contribution in [0.3, 0.4) is 0 Å². The van der Waals surface area contributed by atoms with Gasteiger partial charge in [0.15, 0.2) is 5.82 Å². The van der Waals surface area contributed by atoms with E-state index in [4.69, 9.17) is 11.6 Å². The third-order valence-electron chi connectivity index (χ3n) is 4.48. The van der Waals surface area contributed by atoms with E-state index < -0.39 is 11.9 Å². The van der Waals surface area contributed by atoms with Crippen LogP contribution < -0.4 is 16.4 Å². The molecule has 0 saturated carbocycles. The second kappa shape index (κ2) is 13.1. The molecule has 9 nitrogen and oxygen atoms in total. The van der Waals surface area contributed by atoms with Crippen molar-refractivity contribution in [1.82, 2.24) is 25.2 Å². The van der Waals surface area contributed by atoms with Gasteiger partial charge in [-0.25, -0.2) is 4.68 Å². The molecule has 2 N–H and O–H groups in total. The molecule has 0 aliphatic rings. The first-order chi connectivity index (χ1) is 17.5. The Balaban J connectivity index is 0.000000341. The summed E-state index contributed by atoms with van der Waals surface area (Å²) in [6.45, 7) is 6.24. The summed E-state index contributed by atoms with van der Waals surface area (Å²) < 4.78 is 37.0. The van der Waals surface area contributed by atoms with Gasteiger partial charge in [-0.05, 0) is 44.3 Å². The SMILES string of the molecule is C=N/C(=C\C=C(C)C)C(F)(F)F.Cn1nc(NNC=O)c(-c2cnccn2)c(-c2ccc(Cl)cc2)c1=O. The topological polar surface area (TPSA) is 114 Å². The van der Waals surface area contributed by atoms with E-state index in [1.165, 1.54) is 36.4 Å². The minimum Gasteiger partial charge on any atom is -0.280 e. The Bertz CT molecular complexity index is 1350. The highest BCUT2D eigenvalue weighted by atomic mass is 35.5. The van der Waals surface area contributed by atoms with Crippen molar-refractivity contribution in [2.24, 2.45) is 12.0 Å². The van der Waals surface area contributed by atoms with Crippen LogP contribution in [0.25, 0.3) is 22.4 Å². The molecule has 1 aromatic carbocycles. The predicted octanol–water partition coefficient (Wildman–Crippen LogP) is 4.73. The molecule has 0 saturated heterocycles. The van der Waals surface area contributed by atoms with Crippen LogP contribution in [0.5, 0.6) is 0 Å². The van der Waals surface area contributed by atoms with Gasteiger partial charge in [-0.1, -0.05) is 35.4 Å². The van der Waals surface area contributed by atoms with Crippen LogP contribution in [0.15, 0.2) is 76.1 Å². The number of nitrogens with zero attached hydrogens (tertiary/aromatic N) is 5. The average molecular weight is 534 g/mol. The molecule has 0 bridgehead atoms. The normalized spacial score (nSPS) is 11.1. The number of anilines is 1. The van der Waals surface area contributed by atoms with Gasteiger partial charge in [0.1, 0.15) is 5.70 Å². The van der Waals surface area contributed by atoms with Crippen LogP contribution >= 0.6 is 11.6 Å². The standard InChI is InChI=1S/C16H13ClN6O2.C8H10F3N/c1-23-16(25)13(10-2-4-11(17)5-3-10)14(12-8-18-6-7-19-12)15(22-23)21-20-9-24;1-6(2)4-5-7(12-3)8(9,10)11/h2-9H,1H3,(H,20,24)(H,21,22);4-5H,3H2,1-2H3/b;7-5-. The van der Waals surface area contributed by atoms with Gasteiger partial charge in [0.25, 0.3) is 5.56 Å². The first-order valence-electron chi connectivity index (χ1n) is 10.5. The fourth-order valence-electron chi connectivity index (χ4n) is 2.86. The summed E-state index contributed by atoms with van der Waals surface area (Å²) in [5.74, 6) is 0.264. The molecule has 3 aromatic rings. The second-order valence-electron chi connectivity index (χ2n) is 7.46. The third-order valence-corrected chi connectivity index (χ3v) is 4.73. The zero-order valence-corrected chi connectivity index (χ0v) is 20.8. The number of nitrogens with one attached hydrogen (secondary N) is 2. The maximum Gasteiger partial charge on any atom is 0.433 e. The molecule has 0 atom stereocenters. The number of halogens is 4. The number of amides is 1. The van der Waals surface area contributed by atoms with Gasteiger partial charge in [0.05, 0.1) is 23.0 Å². The van der Waals surface area contributed by atoms with E-state index >= 15 is 0 Å².